The van der Waals surface area contributed by atoms with E-state index in [2.05, 4.69) is 18.3 Å². The van der Waals surface area contributed by atoms with Crippen molar-refractivity contribution >= 4 is 5.91 Å². The number of hydrogen-bond donors (Lipinski definition) is 1. The molecule has 1 atom stereocenters. The van der Waals surface area contributed by atoms with Gasteiger partial charge in [-0.2, -0.15) is 0 Å². The standard InChI is InChI=1S/C17H26N2O2/c1-4-11-18-15-9-8-14-13(15)6-5-7-16(14)21-12-10-17(20)19(2)3/h5-7,15,18H,4,8-12H2,1-3H3. The summed E-state index contributed by atoms with van der Waals surface area (Å²) in [7, 11) is 3.54. The zero-order valence-electron chi connectivity index (χ0n) is 13.3. The molecule has 0 aromatic heterocycles. The van der Waals surface area contributed by atoms with E-state index in [0.29, 0.717) is 19.1 Å². The molecule has 1 aromatic carbocycles. The number of rotatable bonds is 7. The zero-order valence-corrected chi connectivity index (χ0v) is 13.3. The van der Waals surface area contributed by atoms with Gasteiger partial charge in [-0.15, -0.1) is 0 Å². The van der Waals surface area contributed by atoms with Crippen molar-refractivity contribution in [3.63, 3.8) is 0 Å². The second-order valence-corrected chi connectivity index (χ2v) is 5.76. The highest BCUT2D eigenvalue weighted by atomic mass is 16.5. The number of carbonyl (C=O) groups excluding carboxylic acids is 1. The lowest BCUT2D eigenvalue weighted by Crippen LogP contribution is -2.23. The van der Waals surface area contributed by atoms with Crippen molar-refractivity contribution in [2.75, 3.05) is 27.2 Å². The van der Waals surface area contributed by atoms with Gasteiger partial charge in [-0.25, -0.2) is 0 Å². The highest BCUT2D eigenvalue weighted by molar-refractivity contribution is 5.75. The monoisotopic (exact) mass is 290 g/mol. The summed E-state index contributed by atoms with van der Waals surface area (Å²) in [5.74, 6) is 1.05. The van der Waals surface area contributed by atoms with Gasteiger partial charge in [-0.05, 0) is 43.0 Å². The average molecular weight is 290 g/mol. The fourth-order valence-corrected chi connectivity index (χ4v) is 2.76. The molecule has 1 amide bonds. The molecule has 4 heteroatoms. The first kappa shape index (κ1) is 15.8. The Kier molecular flexibility index (Phi) is 5.62. The molecule has 0 radical (unpaired) electrons. The molecule has 0 saturated carbocycles. The third kappa shape index (κ3) is 3.97. The molecular weight excluding hydrogens is 264 g/mol. The van der Waals surface area contributed by atoms with Crippen LogP contribution in [-0.2, 0) is 11.2 Å². The van der Waals surface area contributed by atoms with E-state index < -0.39 is 0 Å². The Hall–Kier alpha value is -1.55. The third-order valence-electron chi connectivity index (χ3n) is 3.94. The van der Waals surface area contributed by atoms with E-state index in [4.69, 9.17) is 4.74 Å². The lowest BCUT2D eigenvalue weighted by Gasteiger charge is -2.15. The van der Waals surface area contributed by atoms with Gasteiger partial charge in [0.1, 0.15) is 5.75 Å². The Labute approximate surface area is 127 Å². The lowest BCUT2D eigenvalue weighted by atomic mass is 10.1. The van der Waals surface area contributed by atoms with E-state index >= 15 is 0 Å². The van der Waals surface area contributed by atoms with Crippen molar-refractivity contribution in [2.24, 2.45) is 0 Å². The van der Waals surface area contributed by atoms with Crippen molar-refractivity contribution in [1.82, 2.24) is 10.2 Å². The van der Waals surface area contributed by atoms with Gasteiger partial charge in [0.05, 0.1) is 13.0 Å². The Bertz CT molecular complexity index is 486. The van der Waals surface area contributed by atoms with Gasteiger partial charge in [0, 0.05) is 20.1 Å². The fraction of sp³-hybridized carbons (Fsp3) is 0.588. The number of fused-ring (bicyclic) bond motifs is 1. The first-order valence-corrected chi connectivity index (χ1v) is 7.81. The van der Waals surface area contributed by atoms with Crippen LogP contribution in [0.2, 0.25) is 0 Å². The van der Waals surface area contributed by atoms with Crippen molar-refractivity contribution < 1.29 is 9.53 Å². The van der Waals surface area contributed by atoms with E-state index in [1.54, 1.807) is 19.0 Å². The maximum atomic E-state index is 11.6. The highest BCUT2D eigenvalue weighted by Crippen LogP contribution is 2.36. The molecule has 1 unspecified atom stereocenters. The van der Waals surface area contributed by atoms with Gasteiger partial charge < -0.3 is 15.0 Å². The van der Waals surface area contributed by atoms with Crippen LogP contribution in [0.5, 0.6) is 5.75 Å². The summed E-state index contributed by atoms with van der Waals surface area (Å²) in [6, 6.07) is 6.70. The van der Waals surface area contributed by atoms with Gasteiger partial charge in [0.25, 0.3) is 0 Å². The summed E-state index contributed by atoms with van der Waals surface area (Å²) < 4.78 is 5.85. The number of ether oxygens (including phenoxy) is 1. The minimum Gasteiger partial charge on any atom is -0.493 e. The first-order chi connectivity index (χ1) is 10.1. The molecule has 2 rings (SSSR count). The molecule has 1 aliphatic rings. The van der Waals surface area contributed by atoms with Crippen LogP contribution < -0.4 is 10.1 Å². The van der Waals surface area contributed by atoms with Crippen LogP contribution in [0.15, 0.2) is 18.2 Å². The number of nitrogens with zero attached hydrogens (tertiary/aromatic N) is 1. The third-order valence-corrected chi connectivity index (χ3v) is 3.94. The van der Waals surface area contributed by atoms with Crippen LogP contribution in [0, 0.1) is 0 Å². The molecule has 0 fully saturated rings. The molecular formula is C17H26N2O2. The van der Waals surface area contributed by atoms with Crippen LogP contribution >= 0.6 is 0 Å². The minimum absolute atomic E-state index is 0.102. The van der Waals surface area contributed by atoms with Crippen LogP contribution in [0.25, 0.3) is 0 Å². The van der Waals surface area contributed by atoms with E-state index in [1.807, 2.05) is 12.1 Å². The quantitative estimate of drug-likeness (QED) is 0.839. The van der Waals surface area contributed by atoms with Crippen molar-refractivity contribution in [1.29, 1.82) is 0 Å². The molecule has 0 heterocycles. The molecule has 0 spiro atoms. The number of amides is 1. The molecule has 1 N–H and O–H groups in total. The predicted molar refractivity (Wildman–Crippen MR) is 84.6 cm³/mol. The van der Waals surface area contributed by atoms with Gasteiger partial charge in [0.2, 0.25) is 5.91 Å². The van der Waals surface area contributed by atoms with Crippen LogP contribution in [-0.4, -0.2) is 38.1 Å². The number of nitrogens with one attached hydrogen (secondary N) is 1. The first-order valence-electron chi connectivity index (χ1n) is 7.81. The topological polar surface area (TPSA) is 41.6 Å². The molecule has 4 nitrogen and oxygen atoms in total. The number of hydrogen-bond acceptors (Lipinski definition) is 3. The SMILES string of the molecule is CCCNC1CCc2c(OCCC(=O)N(C)C)cccc21. The van der Waals surface area contributed by atoms with Crippen molar-refractivity contribution in [2.45, 2.75) is 38.6 Å². The van der Waals surface area contributed by atoms with E-state index in [9.17, 15) is 4.79 Å². The molecule has 1 aromatic rings. The molecule has 0 aliphatic heterocycles. The van der Waals surface area contributed by atoms with E-state index in [-0.39, 0.29) is 5.91 Å². The van der Waals surface area contributed by atoms with Crippen LogP contribution in [0.3, 0.4) is 0 Å². The summed E-state index contributed by atoms with van der Waals surface area (Å²) >= 11 is 0. The van der Waals surface area contributed by atoms with Crippen molar-refractivity contribution in [3.8, 4) is 5.75 Å². The second-order valence-electron chi connectivity index (χ2n) is 5.76. The summed E-state index contributed by atoms with van der Waals surface area (Å²) in [6.07, 6.45) is 3.75. The molecule has 0 saturated heterocycles. The maximum absolute atomic E-state index is 11.6. The lowest BCUT2D eigenvalue weighted by molar-refractivity contribution is -0.129. The Morgan fingerprint density at radius 2 is 2.24 bits per heavy atom. The predicted octanol–water partition coefficient (Wildman–Crippen LogP) is 2.53. The highest BCUT2D eigenvalue weighted by Gasteiger charge is 2.24. The summed E-state index contributed by atoms with van der Waals surface area (Å²) in [6.45, 7) is 3.68. The number of benzene rings is 1. The number of carbonyl (C=O) groups is 1. The normalized spacial score (nSPS) is 16.6. The van der Waals surface area contributed by atoms with Gasteiger partial charge in [-0.1, -0.05) is 19.1 Å². The molecule has 1 aliphatic carbocycles. The van der Waals surface area contributed by atoms with Gasteiger partial charge in [0.15, 0.2) is 0 Å². The fourth-order valence-electron chi connectivity index (χ4n) is 2.76. The Morgan fingerprint density at radius 1 is 1.43 bits per heavy atom. The summed E-state index contributed by atoms with van der Waals surface area (Å²) in [4.78, 5) is 13.2. The molecule has 21 heavy (non-hydrogen) atoms. The zero-order chi connectivity index (χ0) is 15.2. The summed E-state index contributed by atoms with van der Waals surface area (Å²) in [5, 5.41) is 3.59. The average Bonchev–Trinajstić information content (AvgIpc) is 2.89. The largest absolute Gasteiger partial charge is 0.493 e. The second kappa shape index (κ2) is 7.46. The Balaban J connectivity index is 1.96. The van der Waals surface area contributed by atoms with E-state index in [0.717, 1.165) is 31.6 Å². The molecule has 116 valence electrons. The summed E-state index contributed by atoms with van der Waals surface area (Å²) in [5.41, 5.74) is 2.67. The van der Waals surface area contributed by atoms with E-state index in [1.165, 1.54) is 11.1 Å². The minimum atomic E-state index is 0.102. The molecule has 0 bridgehead atoms. The van der Waals surface area contributed by atoms with Crippen LogP contribution in [0.1, 0.15) is 43.4 Å². The van der Waals surface area contributed by atoms with Crippen LogP contribution in [0.4, 0.5) is 0 Å². The smallest absolute Gasteiger partial charge is 0.225 e. The Morgan fingerprint density at radius 3 is 2.95 bits per heavy atom. The van der Waals surface area contributed by atoms with Crippen molar-refractivity contribution in [3.05, 3.63) is 29.3 Å². The van der Waals surface area contributed by atoms with Gasteiger partial charge in [-0.3, -0.25) is 4.79 Å². The maximum Gasteiger partial charge on any atom is 0.225 e. The van der Waals surface area contributed by atoms with Gasteiger partial charge >= 0.3 is 0 Å².